The van der Waals surface area contributed by atoms with E-state index in [0.29, 0.717) is 0 Å². The molecular formula is C9H11N3S. The summed E-state index contributed by atoms with van der Waals surface area (Å²) < 4.78 is 0. The van der Waals surface area contributed by atoms with Crippen molar-refractivity contribution in [2.24, 2.45) is 0 Å². The minimum absolute atomic E-state index is 0.803. The number of aromatic nitrogens is 2. The lowest BCUT2D eigenvalue weighted by Crippen LogP contribution is -1.99. The van der Waals surface area contributed by atoms with Crippen LogP contribution in [0.25, 0.3) is 0 Å². The molecule has 2 aromatic rings. The second-order valence-corrected chi connectivity index (χ2v) is 3.65. The molecule has 0 atom stereocenters. The van der Waals surface area contributed by atoms with E-state index in [1.807, 2.05) is 6.07 Å². The molecule has 2 aromatic heterocycles. The van der Waals surface area contributed by atoms with Gasteiger partial charge in [0.25, 0.3) is 0 Å². The van der Waals surface area contributed by atoms with Crippen molar-refractivity contribution in [3.05, 3.63) is 34.3 Å². The Morgan fingerprint density at radius 3 is 3.08 bits per heavy atom. The number of hydrogen-bond acceptors (Lipinski definition) is 3. The summed E-state index contributed by atoms with van der Waals surface area (Å²) in [6, 6.07) is 1.97. The molecule has 0 aliphatic carbocycles. The highest BCUT2D eigenvalue weighted by molar-refractivity contribution is 7.08. The maximum atomic E-state index is 3.88. The van der Waals surface area contributed by atoms with Gasteiger partial charge in [-0.05, 0) is 23.9 Å². The van der Waals surface area contributed by atoms with Gasteiger partial charge in [-0.25, -0.2) is 0 Å². The molecular weight excluding hydrogens is 182 g/mol. The zero-order valence-electron chi connectivity index (χ0n) is 7.37. The SMILES string of the molecule is Cc1cscc1NCc1ccn[nH]1. The molecule has 0 amide bonds. The first-order valence-electron chi connectivity index (χ1n) is 4.11. The van der Waals surface area contributed by atoms with Gasteiger partial charge < -0.3 is 5.32 Å². The maximum absolute atomic E-state index is 3.88. The number of nitrogens with one attached hydrogen (secondary N) is 2. The highest BCUT2D eigenvalue weighted by Gasteiger charge is 1.98. The van der Waals surface area contributed by atoms with Crippen LogP contribution < -0.4 is 5.32 Å². The van der Waals surface area contributed by atoms with E-state index in [0.717, 1.165) is 12.2 Å². The first-order valence-corrected chi connectivity index (χ1v) is 5.05. The number of thiophene rings is 1. The van der Waals surface area contributed by atoms with Gasteiger partial charge in [0.15, 0.2) is 0 Å². The van der Waals surface area contributed by atoms with Crippen molar-refractivity contribution in [1.29, 1.82) is 0 Å². The summed E-state index contributed by atoms with van der Waals surface area (Å²) in [7, 11) is 0. The number of hydrogen-bond donors (Lipinski definition) is 2. The number of nitrogens with zero attached hydrogens (tertiary/aromatic N) is 1. The van der Waals surface area contributed by atoms with E-state index in [1.165, 1.54) is 11.3 Å². The summed E-state index contributed by atoms with van der Waals surface area (Å²) in [5, 5.41) is 14.4. The third kappa shape index (κ3) is 1.89. The Morgan fingerprint density at radius 1 is 1.54 bits per heavy atom. The highest BCUT2D eigenvalue weighted by Crippen LogP contribution is 2.19. The Morgan fingerprint density at radius 2 is 2.46 bits per heavy atom. The Kier molecular flexibility index (Phi) is 2.31. The van der Waals surface area contributed by atoms with E-state index in [-0.39, 0.29) is 0 Å². The van der Waals surface area contributed by atoms with Crippen molar-refractivity contribution in [2.75, 3.05) is 5.32 Å². The molecule has 2 rings (SSSR count). The van der Waals surface area contributed by atoms with Crippen LogP contribution in [0.3, 0.4) is 0 Å². The Bertz CT molecular complexity index is 364. The fraction of sp³-hybridized carbons (Fsp3) is 0.222. The van der Waals surface area contributed by atoms with Crippen molar-refractivity contribution in [2.45, 2.75) is 13.5 Å². The predicted molar refractivity (Wildman–Crippen MR) is 55.0 cm³/mol. The fourth-order valence-electron chi connectivity index (χ4n) is 1.12. The average Bonchev–Trinajstić information content (AvgIpc) is 2.72. The van der Waals surface area contributed by atoms with Gasteiger partial charge in [-0.1, -0.05) is 0 Å². The summed E-state index contributed by atoms with van der Waals surface area (Å²) in [6.07, 6.45) is 1.76. The molecule has 0 aliphatic rings. The molecule has 3 nitrogen and oxygen atoms in total. The summed E-state index contributed by atoms with van der Waals surface area (Å²) in [4.78, 5) is 0. The van der Waals surface area contributed by atoms with Crippen LogP contribution in [0.1, 0.15) is 11.3 Å². The van der Waals surface area contributed by atoms with Crippen molar-refractivity contribution in [3.63, 3.8) is 0 Å². The molecule has 0 aliphatic heterocycles. The molecule has 0 saturated heterocycles. The molecule has 4 heteroatoms. The second kappa shape index (κ2) is 3.62. The van der Waals surface area contributed by atoms with Crippen LogP contribution in [-0.2, 0) is 6.54 Å². The first kappa shape index (κ1) is 8.31. The van der Waals surface area contributed by atoms with E-state index in [9.17, 15) is 0 Å². The van der Waals surface area contributed by atoms with Crippen molar-refractivity contribution in [3.8, 4) is 0 Å². The number of aryl methyl sites for hydroxylation is 1. The van der Waals surface area contributed by atoms with E-state index < -0.39 is 0 Å². The number of aromatic amines is 1. The summed E-state index contributed by atoms with van der Waals surface area (Å²) in [6.45, 7) is 2.91. The summed E-state index contributed by atoms with van der Waals surface area (Å²) in [5.41, 5.74) is 3.61. The molecule has 0 aromatic carbocycles. The van der Waals surface area contributed by atoms with Crippen LogP contribution in [0.15, 0.2) is 23.0 Å². The minimum atomic E-state index is 0.803. The zero-order chi connectivity index (χ0) is 9.10. The zero-order valence-corrected chi connectivity index (χ0v) is 8.19. The molecule has 0 radical (unpaired) electrons. The van der Waals surface area contributed by atoms with Gasteiger partial charge in [0.1, 0.15) is 0 Å². The highest BCUT2D eigenvalue weighted by atomic mass is 32.1. The number of H-pyrrole nitrogens is 1. The van der Waals surface area contributed by atoms with E-state index >= 15 is 0 Å². The predicted octanol–water partition coefficient (Wildman–Crippen LogP) is 2.39. The second-order valence-electron chi connectivity index (χ2n) is 2.90. The topological polar surface area (TPSA) is 40.7 Å². The lowest BCUT2D eigenvalue weighted by atomic mass is 10.3. The largest absolute Gasteiger partial charge is 0.379 e. The van der Waals surface area contributed by atoms with E-state index in [2.05, 4.69) is 33.2 Å². The van der Waals surface area contributed by atoms with Gasteiger partial charge >= 0.3 is 0 Å². The minimum Gasteiger partial charge on any atom is -0.379 e. The standard InChI is InChI=1S/C9H11N3S/c1-7-5-13-6-9(7)10-4-8-2-3-11-12-8/h2-3,5-6,10H,4H2,1H3,(H,11,12). The number of rotatable bonds is 3. The third-order valence-electron chi connectivity index (χ3n) is 1.88. The molecule has 0 fully saturated rings. The van der Waals surface area contributed by atoms with Crippen molar-refractivity contribution in [1.82, 2.24) is 10.2 Å². The lowest BCUT2D eigenvalue weighted by molar-refractivity contribution is 0.981. The van der Waals surface area contributed by atoms with Crippen LogP contribution in [-0.4, -0.2) is 10.2 Å². The summed E-state index contributed by atoms with van der Waals surface area (Å²) in [5.74, 6) is 0. The molecule has 13 heavy (non-hydrogen) atoms. The van der Waals surface area contributed by atoms with Crippen LogP contribution in [0.4, 0.5) is 5.69 Å². The van der Waals surface area contributed by atoms with Crippen molar-refractivity contribution < 1.29 is 0 Å². The molecule has 2 heterocycles. The fourth-order valence-corrected chi connectivity index (χ4v) is 1.92. The van der Waals surface area contributed by atoms with Crippen LogP contribution in [0, 0.1) is 6.92 Å². The van der Waals surface area contributed by atoms with Crippen LogP contribution in [0.5, 0.6) is 0 Å². The van der Waals surface area contributed by atoms with E-state index in [4.69, 9.17) is 0 Å². The van der Waals surface area contributed by atoms with Crippen LogP contribution in [0.2, 0.25) is 0 Å². The van der Waals surface area contributed by atoms with Gasteiger partial charge in [-0.2, -0.15) is 5.10 Å². The van der Waals surface area contributed by atoms with Gasteiger partial charge in [-0.15, -0.1) is 11.3 Å². The smallest absolute Gasteiger partial charge is 0.0568 e. The summed E-state index contributed by atoms with van der Waals surface area (Å²) >= 11 is 1.72. The van der Waals surface area contributed by atoms with Gasteiger partial charge in [0.2, 0.25) is 0 Å². The van der Waals surface area contributed by atoms with Crippen molar-refractivity contribution >= 4 is 17.0 Å². The molecule has 0 saturated carbocycles. The molecule has 0 spiro atoms. The lowest BCUT2D eigenvalue weighted by Gasteiger charge is -2.02. The average molecular weight is 193 g/mol. The Balaban J connectivity index is 1.97. The molecule has 68 valence electrons. The third-order valence-corrected chi connectivity index (χ3v) is 2.74. The Hall–Kier alpha value is -1.29. The van der Waals surface area contributed by atoms with Gasteiger partial charge in [0.05, 0.1) is 12.2 Å². The maximum Gasteiger partial charge on any atom is 0.0568 e. The molecule has 0 bridgehead atoms. The van der Waals surface area contributed by atoms with Gasteiger partial charge in [0, 0.05) is 17.3 Å². The number of anilines is 1. The quantitative estimate of drug-likeness (QED) is 0.785. The van der Waals surface area contributed by atoms with E-state index in [1.54, 1.807) is 17.5 Å². The molecule has 0 unspecified atom stereocenters. The first-order chi connectivity index (χ1) is 6.36. The molecule has 2 N–H and O–H groups in total. The Labute approximate surface area is 80.8 Å². The van der Waals surface area contributed by atoms with Crippen LogP contribution >= 0.6 is 11.3 Å². The monoisotopic (exact) mass is 193 g/mol. The van der Waals surface area contributed by atoms with Gasteiger partial charge in [-0.3, -0.25) is 5.10 Å². The normalized spacial score (nSPS) is 10.2.